The van der Waals surface area contributed by atoms with Gasteiger partial charge >= 0.3 is 0 Å². The van der Waals surface area contributed by atoms with Crippen LogP contribution < -0.4 is 11.1 Å². The number of para-hydroxylation sites is 1. The van der Waals surface area contributed by atoms with Crippen molar-refractivity contribution < 1.29 is 4.79 Å². The van der Waals surface area contributed by atoms with Crippen LogP contribution in [0.1, 0.15) is 10.7 Å². The Morgan fingerprint density at radius 3 is 2.91 bits per heavy atom. The molecule has 0 spiro atoms. The molecule has 0 aliphatic heterocycles. The Balaban J connectivity index is 1.62. The van der Waals surface area contributed by atoms with Gasteiger partial charge in [-0.2, -0.15) is 0 Å². The van der Waals surface area contributed by atoms with Crippen LogP contribution in [0.15, 0.2) is 41.2 Å². The number of nitrogens with two attached hydrogens (primary N) is 1. The zero-order valence-electron chi connectivity index (χ0n) is 11.7. The van der Waals surface area contributed by atoms with Crippen molar-refractivity contribution >= 4 is 34.3 Å². The van der Waals surface area contributed by atoms with E-state index in [0.29, 0.717) is 12.2 Å². The SMILES string of the molecule is Nc1ccccc1-c1nc(CC(=O)NCc2nccs2)cs1. The average Bonchev–Trinajstić information content (AvgIpc) is 3.17. The van der Waals surface area contributed by atoms with E-state index in [1.54, 1.807) is 6.20 Å². The molecule has 2 aromatic heterocycles. The van der Waals surface area contributed by atoms with Crippen molar-refractivity contribution in [2.24, 2.45) is 0 Å². The summed E-state index contributed by atoms with van der Waals surface area (Å²) in [7, 11) is 0. The molecule has 112 valence electrons. The molecule has 0 saturated carbocycles. The maximum atomic E-state index is 11.9. The second-order valence-corrected chi connectivity index (χ2v) is 6.45. The summed E-state index contributed by atoms with van der Waals surface area (Å²) in [4.78, 5) is 20.5. The number of hydrogen-bond acceptors (Lipinski definition) is 6. The maximum Gasteiger partial charge on any atom is 0.226 e. The van der Waals surface area contributed by atoms with Crippen molar-refractivity contribution in [3.05, 3.63) is 51.9 Å². The van der Waals surface area contributed by atoms with E-state index in [4.69, 9.17) is 5.73 Å². The fourth-order valence-electron chi connectivity index (χ4n) is 1.95. The second-order valence-electron chi connectivity index (χ2n) is 4.61. The number of aromatic nitrogens is 2. The predicted octanol–water partition coefficient (Wildman–Crippen LogP) is 2.71. The summed E-state index contributed by atoms with van der Waals surface area (Å²) in [5, 5.41) is 8.35. The fourth-order valence-corrected chi connectivity index (χ4v) is 3.37. The number of amides is 1. The molecule has 0 aliphatic rings. The monoisotopic (exact) mass is 330 g/mol. The van der Waals surface area contributed by atoms with Crippen molar-refractivity contribution in [2.75, 3.05) is 5.73 Å². The van der Waals surface area contributed by atoms with Crippen molar-refractivity contribution in [2.45, 2.75) is 13.0 Å². The zero-order valence-corrected chi connectivity index (χ0v) is 13.3. The van der Waals surface area contributed by atoms with E-state index in [1.807, 2.05) is 35.0 Å². The molecule has 22 heavy (non-hydrogen) atoms. The Morgan fingerprint density at radius 1 is 1.27 bits per heavy atom. The van der Waals surface area contributed by atoms with E-state index in [-0.39, 0.29) is 12.3 Å². The number of nitrogen functional groups attached to an aromatic ring is 1. The lowest BCUT2D eigenvalue weighted by molar-refractivity contribution is -0.120. The summed E-state index contributed by atoms with van der Waals surface area (Å²) in [6.07, 6.45) is 1.98. The van der Waals surface area contributed by atoms with Crippen LogP contribution in [0.2, 0.25) is 0 Å². The van der Waals surface area contributed by atoms with Crippen LogP contribution in [0, 0.1) is 0 Å². The van der Waals surface area contributed by atoms with Crippen LogP contribution in [-0.2, 0) is 17.8 Å². The molecule has 3 rings (SSSR count). The van der Waals surface area contributed by atoms with E-state index in [1.165, 1.54) is 22.7 Å². The van der Waals surface area contributed by atoms with E-state index >= 15 is 0 Å². The smallest absolute Gasteiger partial charge is 0.226 e. The quantitative estimate of drug-likeness (QED) is 0.705. The van der Waals surface area contributed by atoms with Crippen molar-refractivity contribution in [1.82, 2.24) is 15.3 Å². The van der Waals surface area contributed by atoms with Gasteiger partial charge in [-0.1, -0.05) is 12.1 Å². The standard InChI is InChI=1S/C15H14N4OS2/c16-12-4-2-1-3-11(12)15-19-10(9-22-15)7-13(20)18-8-14-17-5-6-21-14/h1-6,9H,7-8,16H2,(H,18,20). The number of nitrogens with zero attached hydrogens (tertiary/aromatic N) is 2. The summed E-state index contributed by atoms with van der Waals surface area (Å²) in [5.74, 6) is -0.0620. The van der Waals surface area contributed by atoms with Gasteiger partial charge in [-0.25, -0.2) is 9.97 Å². The summed E-state index contributed by atoms with van der Waals surface area (Å²) in [6.45, 7) is 0.457. The average molecular weight is 330 g/mol. The molecule has 5 nitrogen and oxygen atoms in total. The van der Waals surface area contributed by atoms with Crippen LogP contribution in [-0.4, -0.2) is 15.9 Å². The van der Waals surface area contributed by atoms with Gasteiger partial charge in [-0.05, 0) is 12.1 Å². The van der Waals surface area contributed by atoms with Gasteiger partial charge in [0.15, 0.2) is 0 Å². The van der Waals surface area contributed by atoms with E-state index in [2.05, 4.69) is 15.3 Å². The predicted molar refractivity (Wildman–Crippen MR) is 89.6 cm³/mol. The van der Waals surface area contributed by atoms with Crippen molar-refractivity contribution in [1.29, 1.82) is 0 Å². The molecule has 0 bridgehead atoms. The minimum absolute atomic E-state index is 0.0620. The molecular weight excluding hydrogens is 316 g/mol. The summed E-state index contributed by atoms with van der Waals surface area (Å²) in [5.41, 5.74) is 8.29. The van der Waals surface area contributed by atoms with Crippen LogP contribution in [0.4, 0.5) is 5.69 Å². The lowest BCUT2D eigenvalue weighted by Gasteiger charge is -2.02. The third-order valence-corrected chi connectivity index (χ3v) is 4.71. The highest BCUT2D eigenvalue weighted by atomic mass is 32.1. The largest absolute Gasteiger partial charge is 0.398 e. The number of rotatable bonds is 5. The molecule has 0 saturated heterocycles. The Labute approximate surface area is 135 Å². The van der Waals surface area contributed by atoms with Gasteiger partial charge in [0, 0.05) is 28.2 Å². The molecule has 1 amide bonds. The molecular formula is C15H14N4OS2. The molecule has 7 heteroatoms. The highest BCUT2D eigenvalue weighted by molar-refractivity contribution is 7.13. The number of anilines is 1. The molecule has 1 aromatic carbocycles. The van der Waals surface area contributed by atoms with Gasteiger partial charge in [0.25, 0.3) is 0 Å². The molecule has 0 unspecified atom stereocenters. The Bertz CT molecular complexity index is 767. The van der Waals surface area contributed by atoms with E-state index in [9.17, 15) is 4.79 Å². The minimum atomic E-state index is -0.0620. The Kier molecular flexibility index (Phi) is 4.45. The second kappa shape index (κ2) is 6.67. The number of benzene rings is 1. The molecule has 3 N–H and O–H groups in total. The normalized spacial score (nSPS) is 10.5. The summed E-state index contributed by atoms with van der Waals surface area (Å²) < 4.78 is 0. The van der Waals surface area contributed by atoms with Gasteiger partial charge in [-0.15, -0.1) is 22.7 Å². The molecule has 0 radical (unpaired) electrons. The van der Waals surface area contributed by atoms with Crippen molar-refractivity contribution in [3.63, 3.8) is 0 Å². The first-order valence-corrected chi connectivity index (χ1v) is 8.42. The van der Waals surface area contributed by atoms with Crippen LogP contribution in [0.5, 0.6) is 0 Å². The first kappa shape index (κ1) is 14.7. The molecule has 0 atom stereocenters. The molecule has 0 fully saturated rings. The number of nitrogens with one attached hydrogen (secondary N) is 1. The van der Waals surface area contributed by atoms with E-state index in [0.717, 1.165) is 21.3 Å². The number of carbonyl (C=O) groups is 1. The third-order valence-electron chi connectivity index (χ3n) is 3.00. The Morgan fingerprint density at radius 2 is 2.14 bits per heavy atom. The first-order valence-electron chi connectivity index (χ1n) is 6.67. The maximum absolute atomic E-state index is 11.9. The van der Waals surface area contributed by atoms with Gasteiger partial charge in [0.2, 0.25) is 5.91 Å². The van der Waals surface area contributed by atoms with E-state index < -0.39 is 0 Å². The van der Waals surface area contributed by atoms with Crippen LogP contribution >= 0.6 is 22.7 Å². The van der Waals surface area contributed by atoms with Gasteiger partial charge in [0.05, 0.1) is 18.7 Å². The first-order chi connectivity index (χ1) is 10.7. The van der Waals surface area contributed by atoms with Crippen molar-refractivity contribution in [3.8, 4) is 10.6 Å². The van der Waals surface area contributed by atoms with Crippen LogP contribution in [0.25, 0.3) is 10.6 Å². The topological polar surface area (TPSA) is 80.9 Å². The lowest BCUT2D eigenvalue weighted by atomic mass is 10.2. The molecule has 2 heterocycles. The highest BCUT2D eigenvalue weighted by Gasteiger charge is 2.10. The van der Waals surface area contributed by atoms with Gasteiger partial charge in [-0.3, -0.25) is 4.79 Å². The minimum Gasteiger partial charge on any atom is -0.398 e. The number of carbonyl (C=O) groups excluding carboxylic acids is 1. The number of hydrogen-bond donors (Lipinski definition) is 2. The molecule has 0 aliphatic carbocycles. The van der Waals surface area contributed by atoms with Crippen LogP contribution in [0.3, 0.4) is 0 Å². The molecule has 3 aromatic rings. The summed E-state index contributed by atoms with van der Waals surface area (Å²) in [6, 6.07) is 7.59. The zero-order chi connectivity index (χ0) is 15.4. The lowest BCUT2D eigenvalue weighted by Crippen LogP contribution is -2.24. The Hall–Kier alpha value is -2.25. The fraction of sp³-hybridized carbons (Fsp3) is 0.133. The van der Waals surface area contributed by atoms with Gasteiger partial charge in [0.1, 0.15) is 10.0 Å². The number of thiazole rings is 2. The summed E-state index contributed by atoms with van der Waals surface area (Å²) >= 11 is 3.01. The third kappa shape index (κ3) is 3.49. The van der Waals surface area contributed by atoms with Gasteiger partial charge < -0.3 is 11.1 Å². The highest BCUT2D eigenvalue weighted by Crippen LogP contribution is 2.28.